The van der Waals surface area contributed by atoms with Crippen molar-refractivity contribution in [3.63, 3.8) is 0 Å². The summed E-state index contributed by atoms with van der Waals surface area (Å²) in [6, 6.07) is 11.4. The molecule has 0 radical (unpaired) electrons. The molecule has 2 rings (SSSR count). The minimum absolute atomic E-state index is 0.584. The van der Waals surface area contributed by atoms with Crippen LogP contribution in [0.4, 0.5) is 11.5 Å². The maximum Gasteiger partial charge on any atom is 0.130 e. The Balaban J connectivity index is 2.36. The third kappa shape index (κ3) is 2.89. The number of aryl methyl sites for hydroxylation is 1. The molecule has 0 saturated carbocycles. The van der Waals surface area contributed by atoms with Gasteiger partial charge in [-0.05, 0) is 53.2 Å². The van der Waals surface area contributed by atoms with Crippen LogP contribution >= 0.6 is 31.9 Å². The van der Waals surface area contributed by atoms with Gasteiger partial charge in [0, 0.05) is 8.95 Å². The average Bonchev–Trinajstić information content (AvgIpc) is 2.34. The Labute approximate surface area is 122 Å². The zero-order valence-corrected chi connectivity index (χ0v) is 12.7. The first kappa shape index (κ1) is 13.1. The molecule has 1 heterocycles. The van der Waals surface area contributed by atoms with Crippen molar-refractivity contribution in [2.75, 3.05) is 5.32 Å². The van der Waals surface area contributed by atoms with Crippen LogP contribution < -0.4 is 5.32 Å². The van der Waals surface area contributed by atoms with Crippen molar-refractivity contribution in [3.05, 3.63) is 50.5 Å². The predicted octanol–water partition coefficient (Wildman–Crippen LogP) is 4.53. The molecule has 1 N–H and O–H groups in total. The van der Waals surface area contributed by atoms with E-state index in [0.717, 1.165) is 20.3 Å². The Bertz CT molecular complexity index is 633. The van der Waals surface area contributed by atoms with Crippen LogP contribution in [0.5, 0.6) is 0 Å². The summed E-state index contributed by atoms with van der Waals surface area (Å²) in [5.41, 5.74) is 2.22. The second-order valence-electron chi connectivity index (χ2n) is 3.69. The first-order valence-corrected chi connectivity index (χ1v) is 6.78. The molecule has 0 aliphatic carbocycles. The highest BCUT2D eigenvalue weighted by atomic mass is 79.9. The molecule has 18 heavy (non-hydrogen) atoms. The van der Waals surface area contributed by atoms with E-state index < -0.39 is 0 Å². The molecular weight excluding hydrogens is 358 g/mol. The number of nitrogens with zero attached hydrogens (tertiary/aromatic N) is 2. The Morgan fingerprint density at radius 3 is 2.67 bits per heavy atom. The third-order valence-corrected chi connectivity index (χ3v) is 3.72. The number of halogens is 2. The number of anilines is 2. The normalized spacial score (nSPS) is 9.89. The molecule has 0 spiro atoms. The number of pyridine rings is 1. The van der Waals surface area contributed by atoms with E-state index in [1.54, 1.807) is 6.07 Å². The zero-order chi connectivity index (χ0) is 13.1. The lowest BCUT2D eigenvalue weighted by Gasteiger charge is -2.09. The molecule has 0 atom stereocenters. The van der Waals surface area contributed by atoms with Crippen molar-refractivity contribution in [3.8, 4) is 6.07 Å². The maximum absolute atomic E-state index is 9.05. The van der Waals surface area contributed by atoms with Crippen LogP contribution in [0.2, 0.25) is 0 Å². The van der Waals surface area contributed by atoms with Crippen LogP contribution in [0.3, 0.4) is 0 Å². The third-order valence-electron chi connectivity index (χ3n) is 2.39. The van der Waals surface area contributed by atoms with Gasteiger partial charge in [0.15, 0.2) is 0 Å². The van der Waals surface area contributed by atoms with Gasteiger partial charge in [-0.15, -0.1) is 0 Å². The topological polar surface area (TPSA) is 48.7 Å². The van der Waals surface area contributed by atoms with Crippen molar-refractivity contribution in [1.82, 2.24) is 4.98 Å². The first-order valence-electron chi connectivity index (χ1n) is 5.20. The zero-order valence-electron chi connectivity index (χ0n) is 9.54. The second-order valence-corrected chi connectivity index (χ2v) is 5.46. The molecule has 5 heteroatoms. The Morgan fingerprint density at radius 2 is 2.00 bits per heavy atom. The van der Waals surface area contributed by atoms with Crippen molar-refractivity contribution in [1.29, 1.82) is 5.26 Å². The van der Waals surface area contributed by atoms with Crippen LogP contribution in [0.1, 0.15) is 11.3 Å². The van der Waals surface area contributed by atoms with Crippen LogP contribution in [-0.4, -0.2) is 4.98 Å². The van der Waals surface area contributed by atoms with Crippen molar-refractivity contribution >= 4 is 43.4 Å². The lowest BCUT2D eigenvalue weighted by atomic mass is 10.2. The van der Waals surface area contributed by atoms with E-state index in [1.165, 1.54) is 0 Å². The van der Waals surface area contributed by atoms with E-state index in [4.69, 9.17) is 5.26 Å². The molecule has 0 fully saturated rings. The lowest BCUT2D eigenvalue weighted by Crippen LogP contribution is -1.97. The minimum Gasteiger partial charge on any atom is -0.339 e. The van der Waals surface area contributed by atoms with Gasteiger partial charge >= 0.3 is 0 Å². The van der Waals surface area contributed by atoms with Crippen LogP contribution in [-0.2, 0) is 0 Å². The number of nitrogens with one attached hydrogen (secondary N) is 1. The molecule has 0 amide bonds. The van der Waals surface area contributed by atoms with E-state index in [2.05, 4.69) is 48.2 Å². The molecule has 3 nitrogen and oxygen atoms in total. The molecule has 90 valence electrons. The van der Waals surface area contributed by atoms with Gasteiger partial charge in [0.05, 0.1) is 16.9 Å². The highest BCUT2D eigenvalue weighted by Gasteiger charge is 2.05. The van der Waals surface area contributed by atoms with Gasteiger partial charge in [0.25, 0.3) is 0 Å². The minimum atomic E-state index is 0.584. The quantitative estimate of drug-likeness (QED) is 0.849. The second kappa shape index (κ2) is 5.51. The van der Waals surface area contributed by atoms with Crippen LogP contribution in [0, 0.1) is 18.3 Å². The van der Waals surface area contributed by atoms with Gasteiger partial charge < -0.3 is 5.32 Å². The number of nitriles is 1. The van der Waals surface area contributed by atoms with Crippen molar-refractivity contribution < 1.29 is 0 Å². The van der Waals surface area contributed by atoms with Gasteiger partial charge in [0.2, 0.25) is 0 Å². The Morgan fingerprint density at radius 1 is 1.22 bits per heavy atom. The van der Waals surface area contributed by atoms with Gasteiger partial charge in [-0.1, -0.05) is 15.9 Å². The molecule has 0 saturated heterocycles. The fourth-order valence-electron chi connectivity index (χ4n) is 1.47. The van der Waals surface area contributed by atoms with E-state index in [-0.39, 0.29) is 0 Å². The Kier molecular flexibility index (Phi) is 4.00. The highest BCUT2D eigenvalue weighted by Crippen LogP contribution is 2.25. The van der Waals surface area contributed by atoms with E-state index in [9.17, 15) is 0 Å². The van der Waals surface area contributed by atoms with Gasteiger partial charge in [-0.3, -0.25) is 0 Å². The van der Waals surface area contributed by atoms with Gasteiger partial charge in [0.1, 0.15) is 11.9 Å². The molecule has 0 aliphatic heterocycles. The fraction of sp³-hybridized carbons (Fsp3) is 0.0769. The standard InChI is InChI=1S/C13H9Br2N3/c1-8-11(15)4-5-13(17-8)18-12-6-10(14)3-2-9(12)7-16/h2-6H,1H3,(H,17,18). The number of benzene rings is 1. The summed E-state index contributed by atoms with van der Waals surface area (Å²) >= 11 is 6.79. The Hall–Kier alpha value is -1.38. The number of aromatic nitrogens is 1. The number of hydrogen-bond donors (Lipinski definition) is 1. The van der Waals surface area contributed by atoms with Crippen LogP contribution in [0.25, 0.3) is 0 Å². The highest BCUT2D eigenvalue weighted by molar-refractivity contribution is 9.10. The van der Waals surface area contributed by atoms with E-state index in [1.807, 2.05) is 31.2 Å². The molecule has 1 aromatic carbocycles. The molecule has 1 aromatic heterocycles. The number of rotatable bonds is 2. The van der Waals surface area contributed by atoms with Crippen molar-refractivity contribution in [2.24, 2.45) is 0 Å². The molecule has 0 bridgehead atoms. The van der Waals surface area contributed by atoms with E-state index in [0.29, 0.717) is 11.4 Å². The van der Waals surface area contributed by atoms with E-state index >= 15 is 0 Å². The largest absolute Gasteiger partial charge is 0.339 e. The maximum atomic E-state index is 9.05. The van der Waals surface area contributed by atoms with Crippen molar-refractivity contribution in [2.45, 2.75) is 6.92 Å². The summed E-state index contributed by atoms with van der Waals surface area (Å²) in [6.07, 6.45) is 0. The summed E-state index contributed by atoms with van der Waals surface area (Å²) in [4.78, 5) is 4.39. The number of hydrogen-bond acceptors (Lipinski definition) is 3. The van der Waals surface area contributed by atoms with Crippen LogP contribution in [0.15, 0.2) is 39.3 Å². The summed E-state index contributed by atoms with van der Waals surface area (Å²) in [7, 11) is 0. The monoisotopic (exact) mass is 365 g/mol. The fourth-order valence-corrected chi connectivity index (χ4v) is 2.05. The first-order chi connectivity index (χ1) is 8.60. The molecular formula is C13H9Br2N3. The average molecular weight is 367 g/mol. The smallest absolute Gasteiger partial charge is 0.130 e. The van der Waals surface area contributed by atoms with Gasteiger partial charge in [-0.2, -0.15) is 5.26 Å². The summed E-state index contributed by atoms with van der Waals surface area (Å²) in [6.45, 7) is 1.92. The summed E-state index contributed by atoms with van der Waals surface area (Å²) in [5.74, 6) is 0.713. The summed E-state index contributed by atoms with van der Waals surface area (Å²) < 4.78 is 1.88. The predicted molar refractivity (Wildman–Crippen MR) is 78.8 cm³/mol. The summed E-state index contributed by atoms with van der Waals surface area (Å²) in [5, 5.41) is 12.2. The SMILES string of the molecule is Cc1nc(Nc2cc(Br)ccc2C#N)ccc1Br. The molecule has 2 aromatic rings. The molecule has 0 unspecified atom stereocenters. The molecule has 0 aliphatic rings. The van der Waals surface area contributed by atoms with Gasteiger partial charge in [-0.25, -0.2) is 4.98 Å². The lowest BCUT2D eigenvalue weighted by molar-refractivity contribution is 1.18.